The molecule has 2 rings (SSSR count). The van der Waals surface area contributed by atoms with Crippen LogP contribution in [0.15, 0.2) is 29.2 Å². The van der Waals surface area contributed by atoms with E-state index in [-0.39, 0.29) is 0 Å². The third kappa shape index (κ3) is 2.76. The Hall–Kier alpha value is -0.470. The second-order valence-corrected chi connectivity index (χ2v) is 4.95. The van der Waals surface area contributed by atoms with Crippen LogP contribution in [0.2, 0.25) is 0 Å². The number of benzene rings is 1. The highest BCUT2D eigenvalue weighted by Crippen LogP contribution is 2.29. The maximum atomic E-state index is 3.66. The molecule has 1 saturated heterocycles. The topological polar surface area (TPSA) is 12.0 Å². The standard InChI is InChI=1S/C13H19NS/c1-15-13-9-5-4-7-11(13)12-8-3-2-6-10-14-12/h4-5,7,9,12,14H,2-3,6,8,10H2,1H3/t12-/m0/s1. The van der Waals surface area contributed by atoms with Crippen molar-refractivity contribution >= 4 is 11.8 Å². The lowest BCUT2D eigenvalue weighted by atomic mass is 10.0. The lowest BCUT2D eigenvalue weighted by Crippen LogP contribution is -2.20. The summed E-state index contributed by atoms with van der Waals surface area (Å²) < 4.78 is 0. The number of rotatable bonds is 2. The summed E-state index contributed by atoms with van der Waals surface area (Å²) in [6.45, 7) is 1.17. The van der Waals surface area contributed by atoms with Crippen LogP contribution >= 0.6 is 11.8 Å². The van der Waals surface area contributed by atoms with Gasteiger partial charge in [-0.3, -0.25) is 0 Å². The van der Waals surface area contributed by atoms with Crippen molar-refractivity contribution < 1.29 is 0 Å². The average molecular weight is 221 g/mol. The summed E-state index contributed by atoms with van der Waals surface area (Å²) in [4.78, 5) is 1.43. The maximum absolute atomic E-state index is 3.66. The minimum Gasteiger partial charge on any atom is -0.310 e. The molecule has 82 valence electrons. The number of nitrogens with one attached hydrogen (secondary N) is 1. The molecule has 1 nitrogen and oxygen atoms in total. The predicted molar refractivity (Wildman–Crippen MR) is 67.4 cm³/mol. The molecule has 1 aliphatic rings. The third-order valence-corrected chi connectivity index (χ3v) is 3.89. The summed E-state index contributed by atoms with van der Waals surface area (Å²) in [6, 6.07) is 9.37. The zero-order valence-electron chi connectivity index (χ0n) is 9.33. The van der Waals surface area contributed by atoms with Crippen LogP contribution in [-0.2, 0) is 0 Å². The maximum Gasteiger partial charge on any atom is 0.0331 e. The zero-order valence-corrected chi connectivity index (χ0v) is 10.1. The van der Waals surface area contributed by atoms with Crippen LogP contribution in [-0.4, -0.2) is 12.8 Å². The summed E-state index contributed by atoms with van der Waals surface area (Å²) >= 11 is 1.86. The predicted octanol–water partition coefficient (Wildman–Crippen LogP) is 3.61. The van der Waals surface area contributed by atoms with E-state index in [0.29, 0.717) is 6.04 Å². The minimum absolute atomic E-state index is 0.580. The molecule has 0 aliphatic carbocycles. The van der Waals surface area contributed by atoms with Crippen LogP contribution in [0.4, 0.5) is 0 Å². The molecule has 1 aromatic rings. The average Bonchev–Trinajstić information content (AvgIpc) is 2.57. The molecule has 0 amide bonds. The summed E-state index contributed by atoms with van der Waals surface area (Å²) in [5.74, 6) is 0. The van der Waals surface area contributed by atoms with Crippen molar-refractivity contribution in [1.29, 1.82) is 0 Å². The van der Waals surface area contributed by atoms with E-state index >= 15 is 0 Å². The molecule has 1 atom stereocenters. The first kappa shape index (κ1) is 11.0. The number of thioether (sulfide) groups is 1. The van der Waals surface area contributed by atoms with Crippen molar-refractivity contribution in [2.24, 2.45) is 0 Å². The smallest absolute Gasteiger partial charge is 0.0331 e. The fraction of sp³-hybridized carbons (Fsp3) is 0.538. The molecule has 0 radical (unpaired) electrons. The first-order valence-electron chi connectivity index (χ1n) is 5.78. The first-order valence-corrected chi connectivity index (χ1v) is 7.00. The van der Waals surface area contributed by atoms with Crippen molar-refractivity contribution in [3.05, 3.63) is 29.8 Å². The van der Waals surface area contributed by atoms with Gasteiger partial charge in [0.2, 0.25) is 0 Å². The van der Waals surface area contributed by atoms with Gasteiger partial charge in [0.25, 0.3) is 0 Å². The highest BCUT2D eigenvalue weighted by molar-refractivity contribution is 7.98. The summed E-state index contributed by atoms with van der Waals surface area (Å²) in [5.41, 5.74) is 1.49. The van der Waals surface area contributed by atoms with Gasteiger partial charge in [0.05, 0.1) is 0 Å². The van der Waals surface area contributed by atoms with Crippen LogP contribution in [0.3, 0.4) is 0 Å². The number of hydrogen-bond acceptors (Lipinski definition) is 2. The first-order chi connectivity index (χ1) is 7.42. The van der Waals surface area contributed by atoms with E-state index in [0.717, 1.165) is 0 Å². The molecular formula is C13H19NS. The van der Waals surface area contributed by atoms with Crippen molar-refractivity contribution in [3.8, 4) is 0 Å². The summed E-state index contributed by atoms with van der Waals surface area (Å²) in [5, 5.41) is 3.66. The van der Waals surface area contributed by atoms with E-state index in [9.17, 15) is 0 Å². The van der Waals surface area contributed by atoms with Crippen LogP contribution < -0.4 is 5.32 Å². The largest absolute Gasteiger partial charge is 0.310 e. The Morgan fingerprint density at radius 1 is 1.20 bits per heavy atom. The molecule has 0 unspecified atom stereocenters. The van der Waals surface area contributed by atoms with Gasteiger partial charge in [0.15, 0.2) is 0 Å². The molecule has 2 heteroatoms. The van der Waals surface area contributed by atoms with E-state index in [1.165, 1.54) is 42.7 Å². The number of hydrogen-bond donors (Lipinski definition) is 1. The van der Waals surface area contributed by atoms with Gasteiger partial charge in [-0.05, 0) is 37.3 Å². The fourth-order valence-electron chi connectivity index (χ4n) is 2.25. The van der Waals surface area contributed by atoms with E-state index in [1.807, 2.05) is 11.8 Å². The minimum atomic E-state index is 0.580. The van der Waals surface area contributed by atoms with Crippen LogP contribution in [0.25, 0.3) is 0 Å². The second kappa shape index (κ2) is 5.57. The van der Waals surface area contributed by atoms with Gasteiger partial charge in [0, 0.05) is 10.9 Å². The van der Waals surface area contributed by atoms with Crippen LogP contribution in [0.5, 0.6) is 0 Å². The van der Waals surface area contributed by atoms with Crippen LogP contribution in [0.1, 0.15) is 37.3 Å². The van der Waals surface area contributed by atoms with Crippen molar-refractivity contribution in [2.75, 3.05) is 12.8 Å². The molecule has 0 saturated carbocycles. The van der Waals surface area contributed by atoms with Gasteiger partial charge in [-0.25, -0.2) is 0 Å². The van der Waals surface area contributed by atoms with Gasteiger partial charge >= 0.3 is 0 Å². The van der Waals surface area contributed by atoms with Gasteiger partial charge < -0.3 is 5.32 Å². The van der Waals surface area contributed by atoms with E-state index in [1.54, 1.807) is 0 Å². The van der Waals surface area contributed by atoms with Gasteiger partial charge in [-0.2, -0.15) is 0 Å². The third-order valence-electron chi connectivity index (χ3n) is 3.07. The molecule has 1 heterocycles. The molecular weight excluding hydrogens is 202 g/mol. The molecule has 1 aromatic carbocycles. The highest BCUT2D eigenvalue weighted by atomic mass is 32.2. The van der Waals surface area contributed by atoms with Crippen LogP contribution in [0, 0.1) is 0 Å². The molecule has 0 aromatic heterocycles. The molecule has 1 fully saturated rings. The summed E-state index contributed by atoms with van der Waals surface area (Å²) in [6.07, 6.45) is 7.52. The second-order valence-electron chi connectivity index (χ2n) is 4.10. The van der Waals surface area contributed by atoms with E-state index in [2.05, 4.69) is 35.8 Å². The Morgan fingerprint density at radius 2 is 2.07 bits per heavy atom. The lowest BCUT2D eigenvalue weighted by molar-refractivity contribution is 0.527. The normalized spacial score (nSPS) is 22.3. The van der Waals surface area contributed by atoms with E-state index < -0.39 is 0 Å². The van der Waals surface area contributed by atoms with Crippen molar-refractivity contribution in [1.82, 2.24) is 5.32 Å². The Balaban J connectivity index is 2.18. The quantitative estimate of drug-likeness (QED) is 0.766. The highest BCUT2D eigenvalue weighted by Gasteiger charge is 2.15. The molecule has 0 bridgehead atoms. The summed E-state index contributed by atoms with van der Waals surface area (Å²) in [7, 11) is 0. The van der Waals surface area contributed by atoms with Gasteiger partial charge in [-0.1, -0.05) is 31.0 Å². The Kier molecular flexibility index (Phi) is 4.09. The fourth-order valence-corrected chi connectivity index (χ4v) is 2.91. The Bertz CT molecular complexity index is 303. The van der Waals surface area contributed by atoms with Gasteiger partial charge in [-0.15, -0.1) is 11.8 Å². The molecule has 1 N–H and O–H groups in total. The Labute approximate surface area is 96.7 Å². The molecule has 0 spiro atoms. The Morgan fingerprint density at radius 3 is 2.93 bits per heavy atom. The monoisotopic (exact) mass is 221 g/mol. The van der Waals surface area contributed by atoms with E-state index in [4.69, 9.17) is 0 Å². The van der Waals surface area contributed by atoms with Gasteiger partial charge in [0.1, 0.15) is 0 Å². The SMILES string of the molecule is CSc1ccccc1[C@@H]1CCCCCN1. The molecule has 15 heavy (non-hydrogen) atoms. The molecule has 1 aliphatic heterocycles. The zero-order chi connectivity index (χ0) is 10.5. The van der Waals surface area contributed by atoms with Crippen molar-refractivity contribution in [2.45, 2.75) is 36.6 Å². The lowest BCUT2D eigenvalue weighted by Gasteiger charge is -2.18. The van der Waals surface area contributed by atoms with Crippen molar-refractivity contribution in [3.63, 3.8) is 0 Å².